The Hall–Kier alpha value is -3.04. The first kappa shape index (κ1) is 20.7. The lowest BCUT2D eigenvalue weighted by molar-refractivity contribution is -0.130. The molecule has 0 spiro atoms. The number of imide groups is 1. The third-order valence-corrected chi connectivity index (χ3v) is 6.15. The summed E-state index contributed by atoms with van der Waals surface area (Å²) < 4.78 is 27.4. The number of hydrogen-bond donors (Lipinski definition) is 1. The van der Waals surface area contributed by atoms with E-state index < -0.39 is 21.8 Å². The van der Waals surface area contributed by atoms with Gasteiger partial charge in [0.25, 0.3) is 11.8 Å². The lowest BCUT2D eigenvalue weighted by Gasteiger charge is -2.17. The van der Waals surface area contributed by atoms with Crippen LogP contribution in [0, 0.1) is 0 Å². The van der Waals surface area contributed by atoms with Crippen molar-refractivity contribution in [3.63, 3.8) is 0 Å². The molecule has 0 aromatic heterocycles. The summed E-state index contributed by atoms with van der Waals surface area (Å²) in [5.74, 6) is -1.21. The van der Waals surface area contributed by atoms with Gasteiger partial charge in [0.15, 0.2) is 0 Å². The predicted octanol–water partition coefficient (Wildman–Crippen LogP) is 1.24. The molecule has 0 aliphatic carbocycles. The number of carbonyl (C=O) groups is 3. The van der Waals surface area contributed by atoms with Gasteiger partial charge in [-0.3, -0.25) is 19.3 Å². The number of nitrogens with one attached hydrogen (secondary N) is 1. The largest absolute Gasteiger partial charge is 0.341 e. The Morgan fingerprint density at radius 3 is 2.38 bits per heavy atom. The lowest BCUT2D eigenvalue weighted by Crippen LogP contribution is -2.32. The fourth-order valence-electron chi connectivity index (χ4n) is 3.02. The molecule has 3 rings (SSSR count). The van der Waals surface area contributed by atoms with Crippen molar-refractivity contribution in [1.82, 2.24) is 14.5 Å². The van der Waals surface area contributed by atoms with Crippen LogP contribution in [0.3, 0.4) is 0 Å². The van der Waals surface area contributed by atoms with Crippen molar-refractivity contribution >= 4 is 27.7 Å². The van der Waals surface area contributed by atoms with Crippen molar-refractivity contribution < 1.29 is 22.8 Å². The highest BCUT2D eigenvalue weighted by atomic mass is 32.2. The summed E-state index contributed by atoms with van der Waals surface area (Å²) in [5.41, 5.74) is 1.21. The van der Waals surface area contributed by atoms with Crippen molar-refractivity contribution in [1.29, 1.82) is 0 Å². The smallest absolute Gasteiger partial charge is 0.261 e. The zero-order valence-electron chi connectivity index (χ0n) is 16.1. The summed E-state index contributed by atoms with van der Waals surface area (Å²) in [6.07, 6.45) is -0.00629. The van der Waals surface area contributed by atoms with Crippen LogP contribution in [0.5, 0.6) is 0 Å². The molecule has 2 aromatic rings. The molecule has 1 aliphatic heterocycles. The zero-order valence-corrected chi connectivity index (χ0v) is 16.9. The van der Waals surface area contributed by atoms with E-state index in [4.69, 9.17) is 0 Å². The number of hydrogen-bond acceptors (Lipinski definition) is 5. The van der Waals surface area contributed by atoms with Gasteiger partial charge in [0, 0.05) is 33.6 Å². The average Bonchev–Trinajstić information content (AvgIpc) is 2.92. The van der Waals surface area contributed by atoms with Crippen LogP contribution in [0.25, 0.3) is 0 Å². The van der Waals surface area contributed by atoms with Gasteiger partial charge in [-0.2, -0.15) is 0 Å². The van der Waals surface area contributed by atoms with E-state index in [9.17, 15) is 22.8 Å². The van der Waals surface area contributed by atoms with Crippen molar-refractivity contribution in [3.05, 3.63) is 65.2 Å². The fourth-order valence-corrected chi connectivity index (χ4v) is 4.08. The number of benzene rings is 2. The molecule has 8 nitrogen and oxygen atoms in total. The van der Waals surface area contributed by atoms with E-state index in [2.05, 4.69) is 4.72 Å². The fraction of sp³-hybridized carbons (Fsp3) is 0.250. The van der Waals surface area contributed by atoms with Crippen LogP contribution < -0.4 is 4.72 Å². The summed E-state index contributed by atoms with van der Waals surface area (Å²) in [6.45, 7) is 0.352. The monoisotopic (exact) mass is 415 g/mol. The van der Waals surface area contributed by atoms with Gasteiger partial charge in [0.05, 0.1) is 16.0 Å². The summed E-state index contributed by atoms with van der Waals surface area (Å²) in [4.78, 5) is 38.5. The minimum Gasteiger partial charge on any atom is -0.341 e. The van der Waals surface area contributed by atoms with Gasteiger partial charge in [0.1, 0.15) is 0 Å². The van der Waals surface area contributed by atoms with E-state index in [0.717, 1.165) is 10.5 Å². The predicted molar refractivity (Wildman–Crippen MR) is 106 cm³/mol. The second-order valence-electron chi connectivity index (χ2n) is 6.76. The molecule has 9 heteroatoms. The van der Waals surface area contributed by atoms with Crippen LogP contribution in [0.15, 0.2) is 53.4 Å². The number of carbonyl (C=O) groups excluding carboxylic acids is 3. The Morgan fingerprint density at radius 2 is 1.69 bits per heavy atom. The van der Waals surface area contributed by atoms with Gasteiger partial charge >= 0.3 is 0 Å². The molecule has 0 bridgehead atoms. The topological polar surface area (TPSA) is 104 Å². The molecule has 3 amide bonds. The first-order chi connectivity index (χ1) is 13.7. The highest BCUT2D eigenvalue weighted by molar-refractivity contribution is 7.89. The Morgan fingerprint density at radius 1 is 1.03 bits per heavy atom. The number of fused-ring (bicyclic) bond motifs is 1. The minimum absolute atomic E-state index is 0.00629. The van der Waals surface area contributed by atoms with Gasteiger partial charge in [-0.05, 0) is 23.8 Å². The van der Waals surface area contributed by atoms with E-state index in [1.165, 1.54) is 30.1 Å². The molecular formula is C20H21N3O5S. The van der Waals surface area contributed by atoms with Crippen molar-refractivity contribution in [3.8, 4) is 0 Å². The maximum absolute atomic E-state index is 12.5. The third-order valence-electron chi connectivity index (χ3n) is 4.69. The highest BCUT2D eigenvalue weighted by Crippen LogP contribution is 2.24. The first-order valence-electron chi connectivity index (χ1n) is 8.94. The van der Waals surface area contributed by atoms with E-state index in [-0.39, 0.29) is 34.9 Å². The first-order valence-corrected chi connectivity index (χ1v) is 10.4. The number of rotatable bonds is 7. The molecule has 0 fully saturated rings. The average molecular weight is 415 g/mol. The van der Waals surface area contributed by atoms with E-state index in [1.807, 2.05) is 30.3 Å². The van der Waals surface area contributed by atoms with Crippen molar-refractivity contribution in [2.75, 3.05) is 20.6 Å². The van der Waals surface area contributed by atoms with Crippen LogP contribution >= 0.6 is 0 Å². The lowest BCUT2D eigenvalue weighted by atomic mass is 10.1. The van der Waals surface area contributed by atoms with Gasteiger partial charge in [-0.15, -0.1) is 0 Å². The molecule has 2 aromatic carbocycles. The van der Waals surface area contributed by atoms with E-state index in [0.29, 0.717) is 6.54 Å². The van der Waals surface area contributed by atoms with Crippen LogP contribution in [0.2, 0.25) is 0 Å². The molecule has 0 saturated carbocycles. The molecule has 0 atom stereocenters. The van der Waals surface area contributed by atoms with E-state index >= 15 is 0 Å². The number of amides is 3. The standard InChI is InChI=1S/C20H21N3O5S/c1-22(13-14-6-4-3-5-7-14)18(24)10-11-21-29(27,28)15-8-9-16-17(12-15)20(26)23(2)19(16)25/h3-9,12,21H,10-11,13H2,1-2H3. The Bertz CT molecular complexity index is 1070. The molecule has 1 aliphatic rings. The maximum atomic E-state index is 12.5. The molecular weight excluding hydrogens is 394 g/mol. The second kappa shape index (κ2) is 8.14. The molecule has 1 N–H and O–H groups in total. The third kappa shape index (κ3) is 4.36. The van der Waals surface area contributed by atoms with Gasteiger partial charge in [-0.25, -0.2) is 13.1 Å². The second-order valence-corrected chi connectivity index (χ2v) is 8.53. The number of nitrogens with zero attached hydrogens (tertiary/aromatic N) is 2. The van der Waals surface area contributed by atoms with Gasteiger partial charge < -0.3 is 4.90 Å². The van der Waals surface area contributed by atoms with E-state index in [1.54, 1.807) is 7.05 Å². The number of sulfonamides is 1. The Balaban J connectivity index is 1.60. The summed E-state index contributed by atoms with van der Waals surface area (Å²) in [7, 11) is -0.925. The quantitative estimate of drug-likeness (QED) is 0.685. The van der Waals surface area contributed by atoms with Gasteiger partial charge in [0.2, 0.25) is 15.9 Å². The molecule has 1 heterocycles. The normalized spacial score (nSPS) is 13.5. The Kier molecular flexibility index (Phi) is 5.81. The van der Waals surface area contributed by atoms with Crippen LogP contribution in [-0.4, -0.2) is 56.6 Å². The van der Waals surface area contributed by atoms with Crippen molar-refractivity contribution in [2.24, 2.45) is 0 Å². The molecule has 29 heavy (non-hydrogen) atoms. The van der Waals surface area contributed by atoms with Crippen LogP contribution in [-0.2, 0) is 21.4 Å². The SMILES string of the molecule is CN(Cc1ccccc1)C(=O)CCNS(=O)(=O)c1ccc2c(c1)C(=O)N(C)C2=O. The van der Waals surface area contributed by atoms with Crippen LogP contribution in [0.1, 0.15) is 32.7 Å². The zero-order chi connectivity index (χ0) is 21.2. The Labute approximate surface area is 169 Å². The molecule has 0 saturated heterocycles. The minimum atomic E-state index is -3.92. The summed E-state index contributed by atoms with van der Waals surface area (Å²) >= 11 is 0. The maximum Gasteiger partial charge on any atom is 0.261 e. The molecule has 0 unspecified atom stereocenters. The molecule has 0 radical (unpaired) electrons. The highest BCUT2D eigenvalue weighted by Gasteiger charge is 2.33. The molecule has 152 valence electrons. The van der Waals surface area contributed by atoms with Gasteiger partial charge in [-0.1, -0.05) is 30.3 Å². The summed E-state index contributed by atoms with van der Waals surface area (Å²) in [5, 5.41) is 0. The van der Waals surface area contributed by atoms with Crippen LogP contribution in [0.4, 0.5) is 0 Å². The summed E-state index contributed by atoms with van der Waals surface area (Å²) in [6, 6.07) is 13.3. The van der Waals surface area contributed by atoms with Crippen molar-refractivity contribution in [2.45, 2.75) is 17.9 Å².